The number of benzene rings is 1. The Morgan fingerprint density at radius 3 is 2.89 bits per heavy atom. The number of nitrogens with one attached hydrogen (secondary N) is 1. The van der Waals surface area contributed by atoms with Gasteiger partial charge in [0.2, 0.25) is 0 Å². The number of halogens is 1. The Morgan fingerprint density at radius 2 is 2.22 bits per heavy atom. The van der Waals surface area contributed by atoms with Crippen molar-refractivity contribution in [2.45, 2.75) is 19.8 Å². The van der Waals surface area contributed by atoms with Crippen molar-refractivity contribution in [3.8, 4) is 0 Å². The molecule has 96 valence electrons. The van der Waals surface area contributed by atoms with E-state index in [1.165, 1.54) is 7.11 Å². The van der Waals surface area contributed by atoms with Gasteiger partial charge < -0.3 is 10.1 Å². The van der Waals surface area contributed by atoms with Crippen LogP contribution in [0.1, 0.15) is 18.9 Å². The van der Waals surface area contributed by atoms with Crippen LogP contribution >= 0.6 is 23.8 Å². The SMILES string of the molecule is COC(=O)C1(C)CC(=S)Nc2ccc(Cl)cc2C1. The smallest absolute Gasteiger partial charge is 0.312 e. The van der Waals surface area contributed by atoms with E-state index in [0.717, 1.165) is 11.3 Å². The van der Waals surface area contributed by atoms with E-state index in [2.05, 4.69) is 5.32 Å². The van der Waals surface area contributed by atoms with Gasteiger partial charge in [-0.3, -0.25) is 4.79 Å². The summed E-state index contributed by atoms with van der Waals surface area (Å²) in [6.45, 7) is 1.86. The number of anilines is 1. The molecule has 18 heavy (non-hydrogen) atoms. The summed E-state index contributed by atoms with van der Waals surface area (Å²) in [5.74, 6) is -0.250. The van der Waals surface area contributed by atoms with Gasteiger partial charge in [-0.05, 0) is 37.1 Å². The van der Waals surface area contributed by atoms with Gasteiger partial charge in [0.25, 0.3) is 0 Å². The average molecular weight is 284 g/mol. The third-order valence-corrected chi connectivity index (χ3v) is 3.63. The molecule has 1 atom stereocenters. The van der Waals surface area contributed by atoms with Crippen LogP contribution in [0, 0.1) is 5.41 Å². The van der Waals surface area contributed by atoms with Gasteiger partial charge in [0, 0.05) is 17.1 Å². The lowest BCUT2D eigenvalue weighted by Crippen LogP contribution is -2.33. The van der Waals surface area contributed by atoms with Gasteiger partial charge in [0.1, 0.15) is 0 Å². The van der Waals surface area contributed by atoms with Crippen molar-refractivity contribution >= 4 is 40.5 Å². The van der Waals surface area contributed by atoms with Crippen LogP contribution in [-0.2, 0) is 16.0 Å². The fourth-order valence-corrected chi connectivity index (χ4v) is 2.88. The molecular weight excluding hydrogens is 270 g/mol. The molecule has 1 unspecified atom stereocenters. The van der Waals surface area contributed by atoms with Crippen molar-refractivity contribution < 1.29 is 9.53 Å². The maximum Gasteiger partial charge on any atom is 0.312 e. The monoisotopic (exact) mass is 283 g/mol. The lowest BCUT2D eigenvalue weighted by atomic mass is 9.81. The summed E-state index contributed by atoms with van der Waals surface area (Å²) in [6.07, 6.45) is 1.03. The molecule has 1 aromatic rings. The molecule has 0 spiro atoms. The zero-order valence-electron chi connectivity index (χ0n) is 10.2. The predicted molar refractivity (Wildman–Crippen MR) is 76.1 cm³/mol. The van der Waals surface area contributed by atoms with Crippen molar-refractivity contribution in [3.63, 3.8) is 0 Å². The van der Waals surface area contributed by atoms with Crippen LogP contribution in [0.5, 0.6) is 0 Å². The molecule has 1 heterocycles. The Kier molecular flexibility index (Phi) is 3.59. The van der Waals surface area contributed by atoms with Crippen LogP contribution < -0.4 is 5.32 Å². The summed E-state index contributed by atoms with van der Waals surface area (Å²) in [4.78, 5) is 12.6. The van der Waals surface area contributed by atoms with Crippen LogP contribution in [0.25, 0.3) is 0 Å². The van der Waals surface area contributed by atoms with Crippen LogP contribution in [-0.4, -0.2) is 18.1 Å². The quantitative estimate of drug-likeness (QED) is 0.634. The summed E-state index contributed by atoms with van der Waals surface area (Å²) in [5, 5.41) is 3.80. The highest BCUT2D eigenvalue weighted by Crippen LogP contribution is 2.36. The molecule has 1 aliphatic heterocycles. The third-order valence-electron chi connectivity index (χ3n) is 3.15. The highest BCUT2D eigenvalue weighted by Gasteiger charge is 2.38. The maximum absolute atomic E-state index is 11.9. The molecule has 2 rings (SSSR count). The molecule has 0 radical (unpaired) electrons. The molecule has 0 amide bonds. The average Bonchev–Trinajstić information content (AvgIpc) is 2.43. The van der Waals surface area contributed by atoms with Gasteiger partial charge >= 0.3 is 5.97 Å². The number of hydrogen-bond acceptors (Lipinski definition) is 3. The topological polar surface area (TPSA) is 38.3 Å². The standard InChI is InChI=1S/C13H14ClNO2S/c1-13(12(16)17-2)6-8-5-9(14)3-4-10(8)15-11(18)7-13/h3-5H,6-7H2,1-2H3,(H,15,18). The zero-order chi connectivity index (χ0) is 13.3. The number of esters is 1. The summed E-state index contributed by atoms with van der Waals surface area (Å²) < 4.78 is 4.88. The summed E-state index contributed by atoms with van der Waals surface area (Å²) in [5.41, 5.74) is 1.25. The minimum absolute atomic E-state index is 0.250. The zero-order valence-corrected chi connectivity index (χ0v) is 11.8. The fourth-order valence-electron chi connectivity index (χ4n) is 2.25. The van der Waals surface area contributed by atoms with E-state index < -0.39 is 5.41 Å². The van der Waals surface area contributed by atoms with Crippen molar-refractivity contribution in [2.24, 2.45) is 5.41 Å². The third kappa shape index (κ3) is 2.49. The molecule has 0 fully saturated rings. The number of hydrogen-bond donors (Lipinski definition) is 1. The van der Waals surface area contributed by atoms with E-state index in [9.17, 15) is 4.79 Å². The largest absolute Gasteiger partial charge is 0.469 e. The van der Waals surface area contributed by atoms with Crippen LogP contribution in [0.2, 0.25) is 5.02 Å². The van der Waals surface area contributed by atoms with Crippen molar-refractivity contribution in [3.05, 3.63) is 28.8 Å². The molecule has 5 heteroatoms. The lowest BCUT2D eigenvalue weighted by Gasteiger charge is -2.24. The first-order chi connectivity index (χ1) is 8.44. The second-order valence-electron chi connectivity index (χ2n) is 4.76. The van der Waals surface area contributed by atoms with Crippen molar-refractivity contribution in [1.82, 2.24) is 0 Å². The Balaban J connectivity index is 2.45. The van der Waals surface area contributed by atoms with Crippen molar-refractivity contribution in [2.75, 3.05) is 12.4 Å². The van der Waals surface area contributed by atoms with Crippen LogP contribution in [0.4, 0.5) is 5.69 Å². The summed E-state index contributed by atoms with van der Waals surface area (Å²) in [6, 6.07) is 5.54. The summed E-state index contributed by atoms with van der Waals surface area (Å²) >= 11 is 11.3. The van der Waals surface area contributed by atoms with E-state index in [4.69, 9.17) is 28.6 Å². The first kappa shape index (κ1) is 13.3. The second kappa shape index (κ2) is 4.86. The van der Waals surface area contributed by atoms with Gasteiger partial charge in [-0.25, -0.2) is 0 Å². The second-order valence-corrected chi connectivity index (χ2v) is 5.68. The molecule has 1 aliphatic rings. The number of rotatable bonds is 1. The lowest BCUT2D eigenvalue weighted by molar-refractivity contribution is -0.151. The van der Waals surface area contributed by atoms with E-state index in [1.54, 1.807) is 6.07 Å². The molecule has 0 saturated heterocycles. The molecule has 0 aromatic heterocycles. The number of methoxy groups -OCH3 is 1. The van der Waals surface area contributed by atoms with E-state index in [0.29, 0.717) is 22.9 Å². The molecule has 3 nitrogen and oxygen atoms in total. The van der Waals surface area contributed by atoms with Gasteiger partial charge in [0.05, 0.1) is 17.5 Å². The summed E-state index contributed by atoms with van der Waals surface area (Å²) in [7, 11) is 1.40. The van der Waals surface area contributed by atoms with Gasteiger partial charge in [-0.1, -0.05) is 23.8 Å². The molecule has 1 N–H and O–H groups in total. The number of fused-ring (bicyclic) bond motifs is 1. The van der Waals surface area contributed by atoms with E-state index >= 15 is 0 Å². The molecule has 0 saturated carbocycles. The van der Waals surface area contributed by atoms with Gasteiger partial charge in [-0.15, -0.1) is 0 Å². The Labute approximate surface area is 116 Å². The van der Waals surface area contributed by atoms with Crippen LogP contribution in [0.3, 0.4) is 0 Å². The number of thiocarbonyl (C=S) groups is 1. The first-order valence-corrected chi connectivity index (χ1v) is 6.40. The van der Waals surface area contributed by atoms with Gasteiger partial charge in [0.15, 0.2) is 0 Å². The highest BCUT2D eigenvalue weighted by molar-refractivity contribution is 7.80. The molecular formula is C13H14ClNO2S. The molecule has 0 aliphatic carbocycles. The fraction of sp³-hybridized carbons (Fsp3) is 0.385. The Hall–Kier alpha value is -1.13. The molecule has 1 aromatic carbocycles. The van der Waals surface area contributed by atoms with Crippen LogP contribution in [0.15, 0.2) is 18.2 Å². The van der Waals surface area contributed by atoms with Gasteiger partial charge in [-0.2, -0.15) is 0 Å². The normalized spacial score (nSPS) is 22.7. The van der Waals surface area contributed by atoms with Crippen molar-refractivity contribution in [1.29, 1.82) is 0 Å². The highest BCUT2D eigenvalue weighted by atomic mass is 35.5. The predicted octanol–water partition coefficient (Wildman–Crippen LogP) is 3.20. The number of ether oxygens (including phenoxy) is 1. The van der Waals surface area contributed by atoms with E-state index in [-0.39, 0.29) is 5.97 Å². The van der Waals surface area contributed by atoms with E-state index in [1.807, 2.05) is 19.1 Å². The first-order valence-electron chi connectivity index (χ1n) is 5.61. The maximum atomic E-state index is 11.9. The minimum atomic E-state index is -0.644. The Bertz CT molecular complexity index is 518. The number of carbonyl (C=O) groups is 1. The minimum Gasteiger partial charge on any atom is -0.469 e. The number of carbonyl (C=O) groups excluding carboxylic acids is 1. The Morgan fingerprint density at radius 1 is 1.50 bits per heavy atom. The molecule has 0 bridgehead atoms.